The number of rotatable bonds is 2. The van der Waals surface area contributed by atoms with Gasteiger partial charge >= 0.3 is 5.97 Å². The minimum absolute atomic E-state index is 0.144. The Kier molecular flexibility index (Phi) is 2.49. The summed E-state index contributed by atoms with van der Waals surface area (Å²) in [4.78, 5) is 15.7. The molecule has 2 heterocycles. The fourth-order valence-corrected chi connectivity index (χ4v) is 2.70. The van der Waals surface area contributed by atoms with Crippen LogP contribution < -0.4 is 0 Å². The van der Waals surface area contributed by atoms with Crippen LogP contribution in [0.15, 0.2) is 17.5 Å². The van der Waals surface area contributed by atoms with Crippen LogP contribution in [0, 0.1) is 11.3 Å². The number of hydrogen-bond donors (Lipinski definition) is 1. The first-order valence-electron chi connectivity index (χ1n) is 3.90. The highest BCUT2D eigenvalue weighted by molar-refractivity contribution is 7.21. The fourth-order valence-electron chi connectivity index (χ4n) is 1.05. The number of nitriles is 1. The number of hydrogen-bond acceptors (Lipinski definition) is 5. The molecule has 0 unspecified atom stereocenters. The predicted molar refractivity (Wildman–Crippen MR) is 57.1 cm³/mol. The second kappa shape index (κ2) is 3.81. The molecule has 0 aliphatic heterocycles. The number of thiophene rings is 1. The molecule has 2 rings (SSSR count). The van der Waals surface area contributed by atoms with Crippen LogP contribution >= 0.6 is 22.7 Å². The summed E-state index contributed by atoms with van der Waals surface area (Å²) < 4.78 is 0. The normalized spacial score (nSPS) is 9.80. The first-order chi connectivity index (χ1) is 7.22. The third kappa shape index (κ3) is 1.75. The zero-order valence-corrected chi connectivity index (χ0v) is 8.93. The summed E-state index contributed by atoms with van der Waals surface area (Å²) in [6.07, 6.45) is 0. The fraction of sp³-hybridized carbons (Fsp3) is 0. The summed E-state index contributed by atoms with van der Waals surface area (Å²) in [6.45, 7) is 0. The summed E-state index contributed by atoms with van der Waals surface area (Å²) in [7, 11) is 0. The number of nitrogens with zero attached hydrogens (tertiary/aromatic N) is 2. The van der Waals surface area contributed by atoms with Gasteiger partial charge in [-0.05, 0) is 11.4 Å². The maximum absolute atomic E-state index is 10.8. The molecule has 0 saturated carbocycles. The second-order valence-electron chi connectivity index (χ2n) is 2.59. The van der Waals surface area contributed by atoms with Gasteiger partial charge in [-0.2, -0.15) is 5.26 Å². The van der Waals surface area contributed by atoms with Crippen molar-refractivity contribution in [2.45, 2.75) is 0 Å². The van der Waals surface area contributed by atoms with Crippen molar-refractivity contribution in [2.24, 2.45) is 0 Å². The van der Waals surface area contributed by atoms with Crippen molar-refractivity contribution in [1.82, 2.24) is 4.98 Å². The molecule has 74 valence electrons. The lowest BCUT2D eigenvalue weighted by molar-refractivity contribution is 0.0691. The molecule has 0 atom stereocenters. The molecule has 0 radical (unpaired) electrons. The van der Waals surface area contributed by atoms with Crippen LogP contribution in [0.2, 0.25) is 0 Å². The number of carboxylic acids is 1. The van der Waals surface area contributed by atoms with Gasteiger partial charge in [0.05, 0.1) is 4.88 Å². The predicted octanol–water partition coefficient (Wildman–Crippen LogP) is 2.44. The Morgan fingerprint density at radius 3 is 2.87 bits per heavy atom. The Balaban J connectivity index is 2.54. The molecule has 2 aromatic rings. The number of aromatic carboxylic acids is 1. The number of aromatic nitrogens is 1. The monoisotopic (exact) mass is 236 g/mol. The molecule has 0 spiro atoms. The molecule has 2 aromatic heterocycles. The van der Waals surface area contributed by atoms with Gasteiger partial charge in [-0.1, -0.05) is 6.07 Å². The number of carbonyl (C=O) groups is 1. The van der Waals surface area contributed by atoms with Crippen molar-refractivity contribution in [2.75, 3.05) is 0 Å². The molecule has 0 aliphatic carbocycles. The van der Waals surface area contributed by atoms with Crippen molar-refractivity contribution in [3.05, 3.63) is 28.1 Å². The Labute approximate surface area is 93.1 Å². The van der Waals surface area contributed by atoms with Gasteiger partial charge in [0.15, 0.2) is 5.69 Å². The van der Waals surface area contributed by atoms with Gasteiger partial charge in [0.1, 0.15) is 16.0 Å². The molecule has 4 nitrogen and oxygen atoms in total. The first kappa shape index (κ1) is 9.83. The van der Waals surface area contributed by atoms with E-state index >= 15 is 0 Å². The average Bonchev–Trinajstić information content (AvgIpc) is 2.86. The molecule has 6 heteroatoms. The minimum atomic E-state index is -1.16. The average molecular weight is 236 g/mol. The minimum Gasteiger partial charge on any atom is -0.476 e. The molecule has 0 amide bonds. The van der Waals surface area contributed by atoms with E-state index in [0.29, 0.717) is 5.01 Å². The van der Waals surface area contributed by atoms with Crippen LogP contribution in [-0.2, 0) is 0 Å². The summed E-state index contributed by atoms with van der Waals surface area (Å²) in [5.74, 6) is -1.16. The van der Waals surface area contributed by atoms with E-state index in [4.69, 9.17) is 10.4 Å². The van der Waals surface area contributed by atoms with E-state index in [1.54, 1.807) is 0 Å². The van der Waals surface area contributed by atoms with E-state index in [9.17, 15) is 4.79 Å². The van der Waals surface area contributed by atoms with E-state index < -0.39 is 5.97 Å². The van der Waals surface area contributed by atoms with Crippen molar-refractivity contribution < 1.29 is 9.90 Å². The van der Waals surface area contributed by atoms with Gasteiger partial charge in [-0.3, -0.25) is 0 Å². The zero-order chi connectivity index (χ0) is 10.8. The summed E-state index contributed by atoms with van der Waals surface area (Å²) in [6, 6.07) is 5.54. The zero-order valence-electron chi connectivity index (χ0n) is 7.30. The third-order valence-electron chi connectivity index (χ3n) is 1.66. The van der Waals surface area contributed by atoms with Crippen molar-refractivity contribution >= 4 is 28.6 Å². The molecule has 0 fully saturated rings. The molecule has 0 bridgehead atoms. The highest BCUT2D eigenvalue weighted by Crippen LogP contribution is 2.30. The van der Waals surface area contributed by atoms with E-state index in [1.807, 2.05) is 23.6 Å². The Morgan fingerprint density at radius 2 is 2.40 bits per heavy atom. The molecule has 1 N–H and O–H groups in total. The van der Waals surface area contributed by atoms with Crippen LogP contribution in [0.1, 0.15) is 15.4 Å². The van der Waals surface area contributed by atoms with E-state index in [-0.39, 0.29) is 10.6 Å². The Bertz CT molecular complexity index is 537. The van der Waals surface area contributed by atoms with Gasteiger partial charge in [-0.25, -0.2) is 9.78 Å². The maximum atomic E-state index is 10.8. The van der Waals surface area contributed by atoms with E-state index in [0.717, 1.165) is 16.2 Å². The van der Waals surface area contributed by atoms with Gasteiger partial charge < -0.3 is 5.11 Å². The van der Waals surface area contributed by atoms with Crippen LogP contribution in [0.25, 0.3) is 9.88 Å². The first-order valence-corrected chi connectivity index (χ1v) is 5.60. The lowest BCUT2D eigenvalue weighted by Gasteiger charge is -1.85. The topological polar surface area (TPSA) is 74.0 Å². The van der Waals surface area contributed by atoms with Gasteiger partial charge in [0.2, 0.25) is 0 Å². The Morgan fingerprint density at radius 1 is 1.60 bits per heavy atom. The molecule has 0 aromatic carbocycles. The highest BCUT2D eigenvalue weighted by atomic mass is 32.1. The smallest absolute Gasteiger partial charge is 0.356 e. The lowest BCUT2D eigenvalue weighted by Crippen LogP contribution is -1.98. The van der Waals surface area contributed by atoms with Crippen LogP contribution in [0.4, 0.5) is 0 Å². The second-order valence-corrected chi connectivity index (χ2v) is 4.54. The molecule has 0 aliphatic rings. The summed E-state index contributed by atoms with van der Waals surface area (Å²) in [5.41, 5.74) is -0.161. The maximum Gasteiger partial charge on any atom is 0.356 e. The standard InChI is InChI=1S/C9H4N2O2S2/c10-4-6-7(9(12)13)11-8(15-6)5-2-1-3-14-5/h1-3H,(H,12,13). The van der Waals surface area contributed by atoms with E-state index in [1.165, 1.54) is 11.3 Å². The SMILES string of the molecule is N#Cc1sc(-c2cccs2)nc1C(=O)O. The van der Waals surface area contributed by atoms with Crippen molar-refractivity contribution in [3.8, 4) is 16.0 Å². The van der Waals surface area contributed by atoms with Crippen molar-refractivity contribution in [1.29, 1.82) is 5.26 Å². The third-order valence-corrected chi connectivity index (χ3v) is 3.66. The molecular formula is C9H4N2O2S2. The van der Waals surface area contributed by atoms with Crippen molar-refractivity contribution in [3.63, 3.8) is 0 Å². The molecule has 0 saturated heterocycles. The number of carboxylic acid groups (broad SMARTS) is 1. The van der Waals surface area contributed by atoms with Gasteiger partial charge in [0.25, 0.3) is 0 Å². The lowest BCUT2D eigenvalue weighted by atomic mass is 10.4. The van der Waals surface area contributed by atoms with Crippen LogP contribution in [0.5, 0.6) is 0 Å². The van der Waals surface area contributed by atoms with Gasteiger partial charge in [-0.15, -0.1) is 22.7 Å². The van der Waals surface area contributed by atoms with Crippen LogP contribution in [0.3, 0.4) is 0 Å². The van der Waals surface area contributed by atoms with Crippen LogP contribution in [-0.4, -0.2) is 16.1 Å². The van der Waals surface area contributed by atoms with E-state index in [2.05, 4.69) is 4.98 Å². The Hall–Kier alpha value is -1.71. The molecule has 15 heavy (non-hydrogen) atoms. The quantitative estimate of drug-likeness (QED) is 0.869. The molecular weight excluding hydrogens is 232 g/mol. The summed E-state index contributed by atoms with van der Waals surface area (Å²) >= 11 is 2.57. The highest BCUT2D eigenvalue weighted by Gasteiger charge is 2.18. The largest absolute Gasteiger partial charge is 0.476 e. The number of thiazole rings is 1. The summed E-state index contributed by atoms with van der Waals surface area (Å²) in [5, 5.41) is 20.0. The van der Waals surface area contributed by atoms with Gasteiger partial charge in [0, 0.05) is 0 Å².